The highest BCUT2D eigenvalue weighted by Crippen LogP contribution is 2.23. The van der Waals surface area contributed by atoms with E-state index in [-0.39, 0.29) is 46.9 Å². The molecule has 0 unspecified atom stereocenters. The fraction of sp³-hybridized carbons (Fsp3) is 0.316. The first-order valence-corrected chi connectivity index (χ1v) is 10.1. The number of anilines is 1. The molecule has 5 nitrogen and oxygen atoms in total. The third kappa shape index (κ3) is 4.89. The van der Waals surface area contributed by atoms with E-state index >= 15 is 0 Å². The molecule has 1 N–H and O–H groups in total. The minimum absolute atomic E-state index is 0. The molecule has 1 fully saturated rings. The molecule has 28 heavy (non-hydrogen) atoms. The van der Waals surface area contributed by atoms with Gasteiger partial charge in [-0.1, -0.05) is 6.07 Å². The Bertz CT molecular complexity index is 974. The van der Waals surface area contributed by atoms with Gasteiger partial charge in [-0.15, -0.1) is 0 Å². The summed E-state index contributed by atoms with van der Waals surface area (Å²) >= 11 is 0. The number of hydrogen-bond donors (Lipinski definition) is 1. The normalized spacial score (nSPS) is 16.5. The lowest BCUT2D eigenvalue weighted by molar-refractivity contribution is 0.102. The number of rotatable bonds is 5. The molecule has 0 bridgehead atoms. The molecular weight excluding hydrogens is 408 g/mol. The quantitative estimate of drug-likeness (QED) is 0.790. The predicted molar refractivity (Wildman–Crippen MR) is 107 cm³/mol. The Morgan fingerprint density at radius 3 is 2.68 bits per heavy atom. The van der Waals surface area contributed by atoms with Crippen molar-refractivity contribution in [3.8, 4) is 0 Å². The second-order valence-corrected chi connectivity index (χ2v) is 8.56. The number of hydrogen-bond acceptors (Lipinski definition) is 4. The van der Waals surface area contributed by atoms with Crippen molar-refractivity contribution < 1.29 is 26.7 Å². The van der Waals surface area contributed by atoms with Crippen molar-refractivity contribution in [2.24, 2.45) is 5.92 Å². The lowest BCUT2D eigenvalue weighted by Crippen LogP contribution is -2.18. The van der Waals surface area contributed by atoms with Crippen LogP contribution in [0.4, 0.5) is 14.5 Å². The van der Waals surface area contributed by atoms with Crippen molar-refractivity contribution in [2.75, 3.05) is 24.3 Å². The van der Waals surface area contributed by atoms with Gasteiger partial charge in [0, 0.05) is 23.4 Å². The maximum Gasteiger partial charge on any atom is 0.255 e. The Labute approximate surface area is 169 Å². The summed E-state index contributed by atoms with van der Waals surface area (Å²) < 4.78 is 57.2. The van der Waals surface area contributed by atoms with Crippen molar-refractivity contribution in [3.63, 3.8) is 0 Å². The molecule has 1 amide bonds. The Hall–Kier alpha value is -1.97. The topological polar surface area (TPSA) is 72.5 Å². The standard InChI is InChI=1S/C19H19F2NO4S.H2S/c1-12-17(6-5-16(20)18(12)21)22-19(23)14-3-2-4-15(9-14)27(24,25)11-13-7-8-26-10-13;/h2-6,9,13H,7-8,10-11H2,1H3,(H,22,23);1H2/t13-;/m0./s1. The third-order valence-corrected chi connectivity index (χ3v) is 6.40. The molecule has 0 aliphatic carbocycles. The van der Waals surface area contributed by atoms with Gasteiger partial charge in [-0.25, -0.2) is 17.2 Å². The van der Waals surface area contributed by atoms with Crippen LogP contribution >= 0.6 is 13.5 Å². The molecule has 2 aromatic rings. The summed E-state index contributed by atoms with van der Waals surface area (Å²) in [7, 11) is -3.56. The smallest absolute Gasteiger partial charge is 0.255 e. The van der Waals surface area contributed by atoms with Gasteiger partial charge in [-0.05, 0) is 49.6 Å². The Morgan fingerprint density at radius 1 is 1.25 bits per heavy atom. The van der Waals surface area contributed by atoms with Crippen LogP contribution in [-0.2, 0) is 14.6 Å². The van der Waals surface area contributed by atoms with E-state index in [4.69, 9.17) is 4.74 Å². The number of sulfone groups is 1. The molecule has 1 heterocycles. The van der Waals surface area contributed by atoms with Gasteiger partial charge >= 0.3 is 0 Å². The first kappa shape index (κ1) is 22.3. The molecule has 1 saturated heterocycles. The number of ether oxygens (including phenoxy) is 1. The summed E-state index contributed by atoms with van der Waals surface area (Å²) in [6.45, 7) is 2.31. The predicted octanol–water partition coefficient (Wildman–Crippen LogP) is 3.45. The lowest BCUT2D eigenvalue weighted by atomic mass is 10.1. The van der Waals surface area contributed by atoms with Crippen LogP contribution in [0.15, 0.2) is 41.3 Å². The highest BCUT2D eigenvalue weighted by Gasteiger charge is 2.25. The Kier molecular flexibility index (Phi) is 7.19. The van der Waals surface area contributed by atoms with Crippen LogP contribution < -0.4 is 5.32 Å². The SMILES string of the molecule is Cc1c(NC(=O)c2cccc(S(=O)(=O)C[C@H]3CCOC3)c2)ccc(F)c1F.S. The molecule has 1 atom stereocenters. The van der Waals surface area contributed by atoms with Crippen molar-refractivity contribution in [1.29, 1.82) is 0 Å². The molecule has 0 aromatic heterocycles. The number of halogens is 2. The van der Waals surface area contributed by atoms with E-state index in [1.807, 2.05) is 0 Å². The molecule has 3 rings (SSSR count). The zero-order valence-electron chi connectivity index (χ0n) is 15.2. The zero-order valence-corrected chi connectivity index (χ0v) is 17.0. The highest BCUT2D eigenvalue weighted by molar-refractivity contribution is 7.91. The van der Waals surface area contributed by atoms with E-state index in [9.17, 15) is 22.0 Å². The first-order chi connectivity index (χ1) is 12.8. The maximum absolute atomic E-state index is 13.6. The van der Waals surface area contributed by atoms with Crippen LogP contribution in [0.3, 0.4) is 0 Å². The Balaban J connectivity index is 0.00000280. The summed E-state index contributed by atoms with van der Waals surface area (Å²) in [4.78, 5) is 12.5. The average molecular weight is 430 g/mol. The minimum Gasteiger partial charge on any atom is -0.381 e. The fourth-order valence-electron chi connectivity index (χ4n) is 2.93. The maximum atomic E-state index is 13.6. The van der Waals surface area contributed by atoms with E-state index in [1.54, 1.807) is 0 Å². The van der Waals surface area contributed by atoms with Crippen molar-refractivity contribution in [1.82, 2.24) is 0 Å². The molecule has 0 radical (unpaired) electrons. The molecular formula is C19H21F2NO4S2. The number of amides is 1. The first-order valence-electron chi connectivity index (χ1n) is 8.44. The number of nitrogens with one attached hydrogen (secondary N) is 1. The van der Waals surface area contributed by atoms with Gasteiger partial charge in [0.05, 0.1) is 17.3 Å². The van der Waals surface area contributed by atoms with E-state index < -0.39 is 27.4 Å². The second kappa shape index (κ2) is 9.02. The highest BCUT2D eigenvalue weighted by atomic mass is 32.2. The van der Waals surface area contributed by atoms with Gasteiger partial charge in [0.15, 0.2) is 21.5 Å². The van der Waals surface area contributed by atoms with Crippen LogP contribution in [0.2, 0.25) is 0 Å². The summed E-state index contributed by atoms with van der Waals surface area (Å²) in [5.41, 5.74) is 0.200. The van der Waals surface area contributed by atoms with Crippen LogP contribution in [0.1, 0.15) is 22.3 Å². The second-order valence-electron chi connectivity index (χ2n) is 6.53. The summed E-state index contributed by atoms with van der Waals surface area (Å²) in [5, 5.41) is 2.49. The summed E-state index contributed by atoms with van der Waals surface area (Å²) in [6, 6.07) is 7.84. The van der Waals surface area contributed by atoms with Crippen molar-refractivity contribution in [2.45, 2.75) is 18.2 Å². The largest absolute Gasteiger partial charge is 0.381 e. The van der Waals surface area contributed by atoms with Crippen LogP contribution in [-0.4, -0.2) is 33.3 Å². The number of benzene rings is 2. The minimum atomic E-state index is -3.56. The Morgan fingerprint density at radius 2 is 2.00 bits per heavy atom. The monoisotopic (exact) mass is 429 g/mol. The van der Waals surface area contributed by atoms with Gasteiger partial charge in [0.1, 0.15) is 0 Å². The molecule has 9 heteroatoms. The van der Waals surface area contributed by atoms with Crippen LogP contribution in [0.5, 0.6) is 0 Å². The molecule has 1 aliphatic rings. The third-order valence-electron chi connectivity index (χ3n) is 4.52. The number of carbonyl (C=O) groups excluding carboxylic acids is 1. The molecule has 0 spiro atoms. The number of carbonyl (C=O) groups is 1. The van der Waals surface area contributed by atoms with Gasteiger partial charge < -0.3 is 10.1 Å². The van der Waals surface area contributed by atoms with E-state index in [0.717, 1.165) is 6.07 Å². The van der Waals surface area contributed by atoms with Gasteiger partial charge in [-0.2, -0.15) is 13.5 Å². The molecule has 1 aliphatic heterocycles. The average Bonchev–Trinajstić information content (AvgIpc) is 3.14. The summed E-state index contributed by atoms with van der Waals surface area (Å²) in [6.07, 6.45) is 0.689. The van der Waals surface area contributed by atoms with Gasteiger partial charge in [0.25, 0.3) is 5.91 Å². The van der Waals surface area contributed by atoms with E-state index in [0.29, 0.717) is 19.6 Å². The van der Waals surface area contributed by atoms with Crippen molar-refractivity contribution in [3.05, 3.63) is 59.2 Å². The summed E-state index contributed by atoms with van der Waals surface area (Å²) in [5.74, 6) is -2.75. The van der Waals surface area contributed by atoms with Gasteiger partial charge in [0.2, 0.25) is 0 Å². The zero-order chi connectivity index (χ0) is 19.6. The van der Waals surface area contributed by atoms with Crippen LogP contribution in [0.25, 0.3) is 0 Å². The fourth-order valence-corrected chi connectivity index (χ4v) is 4.60. The molecule has 152 valence electrons. The van der Waals surface area contributed by atoms with Gasteiger partial charge in [-0.3, -0.25) is 4.79 Å². The van der Waals surface area contributed by atoms with Crippen LogP contribution in [0, 0.1) is 24.5 Å². The van der Waals surface area contributed by atoms with E-state index in [1.165, 1.54) is 37.3 Å². The molecule has 2 aromatic carbocycles. The lowest BCUT2D eigenvalue weighted by Gasteiger charge is -2.12. The van der Waals surface area contributed by atoms with E-state index in [2.05, 4.69) is 5.32 Å². The molecule has 0 saturated carbocycles. The van der Waals surface area contributed by atoms with Crippen molar-refractivity contribution >= 4 is 34.9 Å².